The van der Waals surface area contributed by atoms with E-state index < -0.39 is 0 Å². The topological polar surface area (TPSA) is 101 Å². The Bertz CT molecular complexity index is 1040. The lowest BCUT2D eigenvalue weighted by atomic mass is 9.94. The average molecular weight is 484 g/mol. The fourth-order valence-corrected chi connectivity index (χ4v) is 5.04. The van der Waals surface area contributed by atoms with Crippen molar-refractivity contribution in [2.75, 3.05) is 40.0 Å². The molecule has 5 rings (SSSR count). The van der Waals surface area contributed by atoms with E-state index in [1.807, 2.05) is 16.8 Å². The number of carbonyl (C=O) groups is 2. The monoisotopic (exact) mass is 483 g/mol. The smallest absolute Gasteiger partial charge is 0.254 e. The number of piperazine rings is 1. The van der Waals surface area contributed by atoms with E-state index in [9.17, 15) is 9.59 Å². The van der Waals surface area contributed by atoms with E-state index in [0.717, 1.165) is 25.9 Å². The van der Waals surface area contributed by atoms with Crippen LogP contribution in [0.5, 0.6) is 11.5 Å². The minimum atomic E-state index is -0.00680. The molecule has 2 fully saturated rings. The first-order chi connectivity index (χ1) is 17.1. The highest BCUT2D eigenvalue weighted by Crippen LogP contribution is 2.33. The summed E-state index contributed by atoms with van der Waals surface area (Å²) in [7, 11) is 1.91. The van der Waals surface area contributed by atoms with Crippen LogP contribution in [-0.4, -0.2) is 82.7 Å². The SMILES string of the molecule is CN(C(=O)CCc1nc(CN2CCN(C(=O)c3ccc4c(c3)OCO4)CC2)no1)C1CCCCC1. The van der Waals surface area contributed by atoms with Gasteiger partial charge < -0.3 is 23.8 Å². The summed E-state index contributed by atoms with van der Waals surface area (Å²) in [5, 5.41) is 4.10. The van der Waals surface area contributed by atoms with E-state index in [-0.39, 0.29) is 18.6 Å². The molecule has 10 heteroatoms. The molecule has 1 saturated carbocycles. The summed E-state index contributed by atoms with van der Waals surface area (Å²) in [5.41, 5.74) is 0.606. The molecule has 0 spiro atoms. The van der Waals surface area contributed by atoms with Gasteiger partial charge in [0, 0.05) is 57.7 Å². The lowest BCUT2D eigenvalue weighted by molar-refractivity contribution is -0.132. The van der Waals surface area contributed by atoms with Gasteiger partial charge in [-0.25, -0.2) is 0 Å². The van der Waals surface area contributed by atoms with Crippen molar-refractivity contribution in [3.05, 3.63) is 35.5 Å². The van der Waals surface area contributed by atoms with Crippen LogP contribution in [0.3, 0.4) is 0 Å². The summed E-state index contributed by atoms with van der Waals surface area (Å²) >= 11 is 0. The number of ether oxygens (including phenoxy) is 2. The lowest BCUT2D eigenvalue weighted by Crippen LogP contribution is -2.48. The van der Waals surface area contributed by atoms with Crippen molar-refractivity contribution >= 4 is 11.8 Å². The normalized spacial score (nSPS) is 18.6. The van der Waals surface area contributed by atoms with E-state index >= 15 is 0 Å². The van der Waals surface area contributed by atoms with Gasteiger partial charge in [0.15, 0.2) is 17.3 Å². The van der Waals surface area contributed by atoms with Gasteiger partial charge in [0.1, 0.15) is 0 Å². The number of rotatable bonds is 7. The highest BCUT2D eigenvalue weighted by atomic mass is 16.7. The molecule has 1 aromatic heterocycles. The Balaban J connectivity index is 1.06. The molecule has 188 valence electrons. The molecule has 2 aliphatic heterocycles. The quantitative estimate of drug-likeness (QED) is 0.592. The second-order valence-corrected chi connectivity index (χ2v) is 9.54. The van der Waals surface area contributed by atoms with Gasteiger partial charge in [0.05, 0.1) is 6.54 Å². The van der Waals surface area contributed by atoms with Crippen LogP contribution in [0.2, 0.25) is 0 Å². The maximum Gasteiger partial charge on any atom is 0.254 e. The zero-order chi connectivity index (χ0) is 24.2. The number of benzene rings is 1. The number of amides is 2. The highest BCUT2D eigenvalue weighted by Gasteiger charge is 2.26. The van der Waals surface area contributed by atoms with Crippen molar-refractivity contribution in [2.24, 2.45) is 0 Å². The second kappa shape index (κ2) is 10.6. The summed E-state index contributed by atoms with van der Waals surface area (Å²) in [6, 6.07) is 5.67. The Morgan fingerprint density at radius 3 is 2.63 bits per heavy atom. The summed E-state index contributed by atoms with van der Waals surface area (Å²) in [4.78, 5) is 35.9. The Morgan fingerprint density at radius 2 is 1.83 bits per heavy atom. The first-order valence-corrected chi connectivity index (χ1v) is 12.6. The first kappa shape index (κ1) is 23.6. The molecule has 0 N–H and O–H groups in total. The fourth-order valence-electron chi connectivity index (χ4n) is 5.04. The van der Waals surface area contributed by atoms with Gasteiger partial charge in [0.25, 0.3) is 5.91 Å². The van der Waals surface area contributed by atoms with Crippen LogP contribution in [0.25, 0.3) is 0 Å². The van der Waals surface area contributed by atoms with E-state index in [4.69, 9.17) is 14.0 Å². The van der Waals surface area contributed by atoms with Crippen LogP contribution in [0.1, 0.15) is 60.6 Å². The van der Waals surface area contributed by atoms with Crippen LogP contribution in [0.4, 0.5) is 0 Å². The van der Waals surface area contributed by atoms with E-state index in [0.29, 0.717) is 67.3 Å². The Kier molecular flexibility index (Phi) is 7.17. The predicted octanol–water partition coefficient (Wildman–Crippen LogP) is 2.48. The molecule has 2 aromatic rings. The van der Waals surface area contributed by atoms with Crippen LogP contribution >= 0.6 is 0 Å². The molecule has 3 aliphatic rings. The summed E-state index contributed by atoms with van der Waals surface area (Å²) in [6.45, 7) is 3.46. The molecule has 35 heavy (non-hydrogen) atoms. The van der Waals surface area contributed by atoms with Crippen molar-refractivity contribution in [1.82, 2.24) is 24.8 Å². The second-order valence-electron chi connectivity index (χ2n) is 9.54. The highest BCUT2D eigenvalue weighted by molar-refractivity contribution is 5.95. The molecular formula is C25H33N5O5. The Hall–Kier alpha value is -3.14. The molecular weight excluding hydrogens is 450 g/mol. The van der Waals surface area contributed by atoms with Crippen LogP contribution in [-0.2, 0) is 17.8 Å². The molecule has 0 radical (unpaired) electrons. The third kappa shape index (κ3) is 5.58. The number of aromatic nitrogens is 2. The molecule has 0 atom stereocenters. The van der Waals surface area contributed by atoms with E-state index in [2.05, 4.69) is 15.0 Å². The molecule has 0 bridgehead atoms. The van der Waals surface area contributed by atoms with Gasteiger partial charge in [-0.15, -0.1) is 0 Å². The average Bonchev–Trinajstić information content (AvgIpc) is 3.56. The maximum absolute atomic E-state index is 12.9. The summed E-state index contributed by atoms with van der Waals surface area (Å²) in [5.74, 6) is 2.54. The van der Waals surface area contributed by atoms with Gasteiger partial charge in [-0.3, -0.25) is 14.5 Å². The number of carbonyl (C=O) groups excluding carboxylic acids is 2. The van der Waals surface area contributed by atoms with Crippen molar-refractivity contribution in [2.45, 2.75) is 57.5 Å². The fraction of sp³-hybridized carbons (Fsp3) is 0.600. The van der Waals surface area contributed by atoms with Crippen LogP contribution in [0.15, 0.2) is 22.7 Å². The van der Waals surface area contributed by atoms with E-state index in [1.165, 1.54) is 19.3 Å². The third-order valence-corrected chi connectivity index (χ3v) is 7.22. The third-order valence-electron chi connectivity index (χ3n) is 7.22. The molecule has 1 aliphatic carbocycles. The van der Waals surface area contributed by atoms with Crippen LogP contribution in [0, 0.1) is 0 Å². The number of hydrogen-bond donors (Lipinski definition) is 0. The molecule has 0 unspecified atom stereocenters. The standard InChI is InChI=1S/C25H33N5O5/c1-28(19-5-3-2-4-6-19)24(31)10-9-23-26-22(27-35-23)16-29-11-13-30(14-12-29)25(32)18-7-8-20-21(15-18)34-17-33-20/h7-8,15,19H,2-6,9-14,16-17H2,1H3. The molecule has 10 nitrogen and oxygen atoms in total. The zero-order valence-corrected chi connectivity index (χ0v) is 20.3. The lowest BCUT2D eigenvalue weighted by Gasteiger charge is -2.34. The van der Waals surface area contributed by atoms with E-state index in [1.54, 1.807) is 18.2 Å². The zero-order valence-electron chi connectivity index (χ0n) is 20.3. The number of fused-ring (bicyclic) bond motifs is 1. The van der Waals surface area contributed by atoms with Gasteiger partial charge >= 0.3 is 0 Å². The molecule has 2 amide bonds. The van der Waals surface area contributed by atoms with Gasteiger partial charge in [-0.05, 0) is 31.0 Å². The molecule has 1 aromatic carbocycles. The minimum Gasteiger partial charge on any atom is -0.454 e. The largest absolute Gasteiger partial charge is 0.454 e. The number of aryl methyl sites for hydroxylation is 1. The Labute approximate surface area is 205 Å². The van der Waals surface area contributed by atoms with Crippen molar-refractivity contribution in [3.63, 3.8) is 0 Å². The van der Waals surface area contributed by atoms with Crippen LogP contribution < -0.4 is 9.47 Å². The van der Waals surface area contributed by atoms with Gasteiger partial charge in [-0.1, -0.05) is 24.4 Å². The number of nitrogens with zero attached hydrogens (tertiary/aromatic N) is 5. The Morgan fingerprint density at radius 1 is 1.06 bits per heavy atom. The number of hydrogen-bond acceptors (Lipinski definition) is 8. The van der Waals surface area contributed by atoms with Crippen molar-refractivity contribution in [1.29, 1.82) is 0 Å². The van der Waals surface area contributed by atoms with Gasteiger partial charge in [0.2, 0.25) is 18.6 Å². The maximum atomic E-state index is 12.9. The van der Waals surface area contributed by atoms with Crippen molar-refractivity contribution < 1.29 is 23.6 Å². The van der Waals surface area contributed by atoms with Crippen molar-refractivity contribution in [3.8, 4) is 11.5 Å². The molecule has 3 heterocycles. The van der Waals surface area contributed by atoms with Gasteiger partial charge in [-0.2, -0.15) is 4.98 Å². The molecule has 1 saturated heterocycles. The minimum absolute atomic E-state index is 0.00680. The first-order valence-electron chi connectivity index (χ1n) is 12.6. The summed E-state index contributed by atoms with van der Waals surface area (Å²) < 4.78 is 16.1. The predicted molar refractivity (Wildman–Crippen MR) is 126 cm³/mol. The summed E-state index contributed by atoms with van der Waals surface area (Å²) in [6.07, 6.45) is 6.72.